The van der Waals surface area contributed by atoms with Crippen molar-refractivity contribution in [3.63, 3.8) is 0 Å². The number of rotatable bonds is 3. The molecular weight excluding hydrogens is 254 g/mol. The number of nitrogens with zero attached hydrogens (tertiary/aromatic N) is 2. The Morgan fingerprint density at radius 1 is 1.25 bits per heavy atom. The van der Waals surface area contributed by atoms with Crippen molar-refractivity contribution in [2.75, 3.05) is 51.2 Å². The first-order chi connectivity index (χ1) is 9.78. The van der Waals surface area contributed by atoms with Crippen molar-refractivity contribution in [3.8, 4) is 0 Å². The van der Waals surface area contributed by atoms with Crippen LogP contribution in [-0.2, 0) is 6.42 Å². The number of anilines is 1. The van der Waals surface area contributed by atoms with Crippen molar-refractivity contribution >= 4 is 11.6 Å². The summed E-state index contributed by atoms with van der Waals surface area (Å²) in [4.78, 5) is 16.6. The molecule has 0 aromatic heterocycles. The summed E-state index contributed by atoms with van der Waals surface area (Å²) >= 11 is 0. The van der Waals surface area contributed by atoms with Gasteiger partial charge in [-0.3, -0.25) is 9.69 Å². The Morgan fingerprint density at radius 3 is 2.80 bits per heavy atom. The fraction of sp³-hybridized carbons (Fsp3) is 0.533. The Hall–Kier alpha value is -1.59. The molecule has 2 heterocycles. The lowest BCUT2D eigenvalue weighted by Gasteiger charge is -2.34. The number of hydrogen-bond donors (Lipinski definition) is 2. The van der Waals surface area contributed by atoms with E-state index in [1.54, 1.807) is 0 Å². The summed E-state index contributed by atoms with van der Waals surface area (Å²) in [7, 11) is 0. The second-order valence-corrected chi connectivity index (χ2v) is 5.41. The molecule has 1 aromatic carbocycles. The topological polar surface area (TPSA) is 55.8 Å². The zero-order valence-corrected chi connectivity index (χ0v) is 11.6. The molecule has 20 heavy (non-hydrogen) atoms. The van der Waals surface area contributed by atoms with Crippen LogP contribution < -0.4 is 5.32 Å². The molecule has 0 unspecified atom stereocenters. The number of amides is 1. The maximum Gasteiger partial charge on any atom is 0.253 e. The van der Waals surface area contributed by atoms with E-state index in [0.29, 0.717) is 6.54 Å². The van der Waals surface area contributed by atoms with Crippen LogP contribution in [-0.4, -0.2) is 66.7 Å². The zero-order chi connectivity index (χ0) is 13.9. The van der Waals surface area contributed by atoms with E-state index >= 15 is 0 Å². The summed E-state index contributed by atoms with van der Waals surface area (Å²) in [5.41, 5.74) is 3.20. The van der Waals surface area contributed by atoms with Crippen LogP contribution in [0.1, 0.15) is 15.9 Å². The molecule has 1 saturated heterocycles. The quantitative estimate of drug-likeness (QED) is 0.839. The first kappa shape index (κ1) is 13.4. The van der Waals surface area contributed by atoms with Gasteiger partial charge < -0.3 is 15.3 Å². The van der Waals surface area contributed by atoms with Gasteiger partial charge in [0.2, 0.25) is 0 Å². The number of aliphatic hydroxyl groups excluding tert-OH is 1. The Labute approximate surface area is 119 Å². The molecule has 2 N–H and O–H groups in total. The first-order valence-electron chi connectivity index (χ1n) is 7.27. The number of carbonyl (C=O) groups is 1. The van der Waals surface area contributed by atoms with Gasteiger partial charge in [0, 0.05) is 50.5 Å². The van der Waals surface area contributed by atoms with Gasteiger partial charge in [0.05, 0.1) is 6.61 Å². The van der Waals surface area contributed by atoms with Gasteiger partial charge in [-0.1, -0.05) is 0 Å². The normalized spacial score (nSPS) is 18.8. The maximum absolute atomic E-state index is 12.5. The minimum Gasteiger partial charge on any atom is -0.395 e. The SMILES string of the molecule is O=C(c1ccc2c(c1)CCN2)N1CCN(CCO)CC1. The molecule has 0 atom stereocenters. The van der Waals surface area contributed by atoms with Crippen LogP contribution in [0.5, 0.6) is 0 Å². The lowest BCUT2D eigenvalue weighted by molar-refractivity contribution is 0.0615. The number of benzene rings is 1. The maximum atomic E-state index is 12.5. The molecule has 3 rings (SSSR count). The molecule has 108 valence electrons. The van der Waals surface area contributed by atoms with Gasteiger partial charge in [0.15, 0.2) is 0 Å². The Kier molecular flexibility index (Phi) is 3.89. The molecule has 5 heteroatoms. The molecule has 0 bridgehead atoms. The van der Waals surface area contributed by atoms with Crippen molar-refractivity contribution in [2.24, 2.45) is 0 Å². The van der Waals surface area contributed by atoms with E-state index in [1.807, 2.05) is 23.1 Å². The van der Waals surface area contributed by atoms with E-state index in [1.165, 1.54) is 5.56 Å². The monoisotopic (exact) mass is 275 g/mol. The van der Waals surface area contributed by atoms with Crippen LogP contribution >= 0.6 is 0 Å². The summed E-state index contributed by atoms with van der Waals surface area (Å²) in [5.74, 6) is 0.128. The van der Waals surface area contributed by atoms with Crippen LogP contribution in [0.25, 0.3) is 0 Å². The minimum atomic E-state index is 0.128. The molecule has 0 aliphatic carbocycles. The van der Waals surface area contributed by atoms with Crippen LogP contribution in [0, 0.1) is 0 Å². The Balaban J connectivity index is 1.65. The third-order valence-electron chi connectivity index (χ3n) is 4.14. The van der Waals surface area contributed by atoms with Crippen LogP contribution in [0.2, 0.25) is 0 Å². The van der Waals surface area contributed by atoms with Gasteiger partial charge in [-0.25, -0.2) is 0 Å². The largest absolute Gasteiger partial charge is 0.395 e. The molecule has 2 aliphatic rings. The number of aliphatic hydroxyl groups is 1. The third-order valence-corrected chi connectivity index (χ3v) is 4.14. The Bertz CT molecular complexity index is 496. The average molecular weight is 275 g/mol. The highest BCUT2D eigenvalue weighted by Crippen LogP contribution is 2.23. The lowest BCUT2D eigenvalue weighted by atomic mass is 10.1. The molecule has 1 aromatic rings. The van der Waals surface area contributed by atoms with E-state index in [0.717, 1.165) is 50.4 Å². The Morgan fingerprint density at radius 2 is 2.05 bits per heavy atom. The fourth-order valence-electron chi connectivity index (χ4n) is 2.94. The van der Waals surface area contributed by atoms with Crippen LogP contribution in [0.4, 0.5) is 5.69 Å². The lowest BCUT2D eigenvalue weighted by Crippen LogP contribution is -2.49. The highest BCUT2D eigenvalue weighted by atomic mass is 16.3. The molecule has 1 fully saturated rings. The van der Waals surface area contributed by atoms with Gasteiger partial charge >= 0.3 is 0 Å². The number of β-amino-alcohol motifs (C(OH)–C–C–N with tert-alkyl or cyclic N) is 1. The average Bonchev–Trinajstić information content (AvgIpc) is 2.95. The number of hydrogen-bond acceptors (Lipinski definition) is 4. The number of fused-ring (bicyclic) bond motifs is 1. The second-order valence-electron chi connectivity index (χ2n) is 5.41. The van der Waals surface area contributed by atoms with E-state index in [2.05, 4.69) is 10.2 Å². The summed E-state index contributed by atoms with van der Waals surface area (Å²) in [6, 6.07) is 5.95. The highest BCUT2D eigenvalue weighted by Gasteiger charge is 2.22. The third kappa shape index (κ3) is 2.64. The molecule has 0 saturated carbocycles. The van der Waals surface area contributed by atoms with E-state index < -0.39 is 0 Å². The van der Waals surface area contributed by atoms with E-state index in [4.69, 9.17) is 5.11 Å². The zero-order valence-electron chi connectivity index (χ0n) is 11.6. The number of carbonyl (C=O) groups excluding carboxylic acids is 1. The predicted molar refractivity (Wildman–Crippen MR) is 78.1 cm³/mol. The molecule has 5 nitrogen and oxygen atoms in total. The van der Waals surface area contributed by atoms with Crippen molar-refractivity contribution in [1.29, 1.82) is 0 Å². The number of nitrogens with one attached hydrogen (secondary N) is 1. The van der Waals surface area contributed by atoms with Gasteiger partial charge in [0.25, 0.3) is 5.91 Å². The molecule has 1 amide bonds. The van der Waals surface area contributed by atoms with E-state index in [-0.39, 0.29) is 12.5 Å². The fourth-order valence-corrected chi connectivity index (χ4v) is 2.94. The van der Waals surface area contributed by atoms with Crippen LogP contribution in [0.15, 0.2) is 18.2 Å². The number of piperazine rings is 1. The second kappa shape index (κ2) is 5.81. The minimum absolute atomic E-state index is 0.128. The first-order valence-corrected chi connectivity index (χ1v) is 7.27. The predicted octanol–water partition coefficient (Wildman–Crippen LogP) is 0.405. The van der Waals surface area contributed by atoms with Gasteiger partial charge in [-0.2, -0.15) is 0 Å². The van der Waals surface area contributed by atoms with Gasteiger partial charge in [0.1, 0.15) is 0 Å². The summed E-state index contributed by atoms with van der Waals surface area (Å²) in [6.45, 7) is 5.03. The summed E-state index contributed by atoms with van der Waals surface area (Å²) in [5, 5.41) is 12.2. The van der Waals surface area contributed by atoms with Crippen molar-refractivity contribution in [2.45, 2.75) is 6.42 Å². The van der Waals surface area contributed by atoms with Crippen molar-refractivity contribution < 1.29 is 9.90 Å². The van der Waals surface area contributed by atoms with Gasteiger partial charge in [-0.05, 0) is 30.2 Å². The smallest absolute Gasteiger partial charge is 0.253 e. The summed E-state index contributed by atoms with van der Waals surface area (Å²) in [6.07, 6.45) is 1.00. The molecule has 2 aliphatic heterocycles. The van der Waals surface area contributed by atoms with Crippen LogP contribution in [0.3, 0.4) is 0 Å². The summed E-state index contributed by atoms with van der Waals surface area (Å²) < 4.78 is 0. The van der Waals surface area contributed by atoms with Crippen molar-refractivity contribution in [1.82, 2.24) is 9.80 Å². The molecule has 0 spiro atoms. The molecular formula is C15H21N3O2. The van der Waals surface area contributed by atoms with Crippen molar-refractivity contribution in [3.05, 3.63) is 29.3 Å². The highest BCUT2D eigenvalue weighted by molar-refractivity contribution is 5.95. The molecule has 0 radical (unpaired) electrons. The van der Waals surface area contributed by atoms with E-state index in [9.17, 15) is 4.79 Å². The van der Waals surface area contributed by atoms with Gasteiger partial charge in [-0.15, -0.1) is 0 Å². The standard InChI is InChI=1S/C15H21N3O2/c19-10-9-17-5-7-18(8-6-17)15(20)13-1-2-14-12(11-13)3-4-16-14/h1-2,11,16,19H,3-10H2.